The van der Waals surface area contributed by atoms with E-state index in [0.717, 1.165) is 10.6 Å². The number of aliphatic carboxylic acids is 1. The van der Waals surface area contributed by atoms with E-state index in [9.17, 15) is 14.7 Å². The standard InChI is InChI=1S/C11H15N3O4S/c1-6-7(2)19-10(12-6)13-9(17)14-11(8(15)16)3-4-18-5-11/h3-5H2,1-2H3,(H,15,16)(H2,12,13,14,17). The molecule has 1 aliphatic rings. The van der Waals surface area contributed by atoms with E-state index in [2.05, 4.69) is 15.6 Å². The largest absolute Gasteiger partial charge is 0.479 e. The first-order chi connectivity index (χ1) is 8.93. The molecule has 0 aliphatic carbocycles. The molecular formula is C11H15N3O4S. The van der Waals surface area contributed by atoms with Crippen molar-refractivity contribution in [1.29, 1.82) is 0 Å². The van der Waals surface area contributed by atoms with Gasteiger partial charge in [-0.2, -0.15) is 0 Å². The lowest BCUT2D eigenvalue weighted by atomic mass is 9.99. The number of aromatic nitrogens is 1. The summed E-state index contributed by atoms with van der Waals surface area (Å²) in [6.45, 7) is 4.05. The number of thiazole rings is 1. The Kier molecular flexibility index (Phi) is 3.72. The quantitative estimate of drug-likeness (QED) is 0.772. The molecule has 1 aliphatic heterocycles. The van der Waals surface area contributed by atoms with Crippen molar-refractivity contribution in [3.8, 4) is 0 Å². The van der Waals surface area contributed by atoms with Crippen LogP contribution in [0.25, 0.3) is 0 Å². The fourth-order valence-electron chi connectivity index (χ4n) is 1.76. The van der Waals surface area contributed by atoms with E-state index < -0.39 is 17.5 Å². The molecule has 0 saturated carbocycles. The van der Waals surface area contributed by atoms with Crippen LogP contribution in [-0.4, -0.2) is 40.8 Å². The Morgan fingerprint density at radius 3 is 2.68 bits per heavy atom. The maximum Gasteiger partial charge on any atom is 0.332 e. The molecule has 3 N–H and O–H groups in total. The molecule has 1 unspecified atom stereocenters. The number of urea groups is 1. The molecule has 19 heavy (non-hydrogen) atoms. The van der Waals surface area contributed by atoms with Gasteiger partial charge in [-0.25, -0.2) is 14.6 Å². The van der Waals surface area contributed by atoms with Crippen molar-refractivity contribution in [3.63, 3.8) is 0 Å². The van der Waals surface area contributed by atoms with Crippen LogP contribution in [0.15, 0.2) is 0 Å². The Labute approximate surface area is 114 Å². The number of nitrogens with one attached hydrogen (secondary N) is 2. The molecule has 1 aromatic heterocycles. The van der Waals surface area contributed by atoms with Gasteiger partial charge in [0.1, 0.15) is 0 Å². The molecule has 0 spiro atoms. The van der Waals surface area contributed by atoms with Gasteiger partial charge in [0, 0.05) is 17.9 Å². The van der Waals surface area contributed by atoms with Crippen LogP contribution in [0.5, 0.6) is 0 Å². The first-order valence-corrected chi connectivity index (χ1v) is 6.59. The van der Waals surface area contributed by atoms with Gasteiger partial charge in [0.25, 0.3) is 0 Å². The molecule has 104 valence electrons. The molecule has 1 saturated heterocycles. The average molecular weight is 285 g/mol. The van der Waals surface area contributed by atoms with E-state index in [4.69, 9.17) is 4.74 Å². The van der Waals surface area contributed by atoms with E-state index in [-0.39, 0.29) is 13.0 Å². The Morgan fingerprint density at radius 2 is 2.21 bits per heavy atom. The van der Waals surface area contributed by atoms with Crippen molar-refractivity contribution in [1.82, 2.24) is 10.3 Å². The van der Waals surface area contributed by atoms with Gasteiger partial charge in [-0.05, 0) is 13.8 Å². The average Bonchev–Trinajstić information content (AvgIpc) is 2.88. The number of aryl methyl sites for hydroxylation is 2. The highest BCUT2D eigenvalue weighted by molar-refractivity contribution is 7.15. The summed E-state index contributed by atoms with van der Waals surface area (Å²) in [6.07, 6.45) is 0.256. The third-order valence-corrected chi connectivity index (χ3v) is 4.02. The molecule has 8 heteroatoms. The van der Waals surface area contributed by atoms with E-state index >= 15 is 0 Å². The summed E-state index contributed by atoms with van der Waals surface area (Å²) in [4.78, 5) is 28.2. The summed E-state index contributed by atoms with van der Waals surface area (Å²) in [5.74, 6) is -1.09. The van der Waals surface area contributed by atoms with Crippen LogP contribution in [0.4, 0.5) is 9.93 Å². The highest BCUT2D eigenvalue weighted by atomic mass is 32.1. The fraction of sp³-hybridized carbons (Fsp3) is 0.545. The van der Waals surface area contributed by atoms with Crippen molar-refractivity contribution < 1.29 is 19.4 Å². The lowest BCUT2D eigenvalue weighted by Gasteiger charge is -2.23. The molecule has 0 radical (unpaired) electrons. The van der Waals surface area contributed by atoms with Gasteiger partial charge in [-0.15, -0.1) is 11.3 Å². The number of nitrogens with zero attached hydrogens (tertiary/aromatic N) is 1. The minimum atomic E-state index is -1.34. The summed E-state index contributed by atoms with van der Waals surface area (Å²) in [6, 6.07) is -0.582. The number of hydrogen-bond donors (Lipinski definition) is 3. The van der Waals surface area contributed by atoms with Crippen LogP contribution < -0.4 is 10.6 Å². The van der Waals surface area contributed by atoms with Crippen LogP contribution in [0.3, 0.4) is 0 Å². The molecule has 2 amide bonds. The second-order valence-corrected chi connectivity index (χ2v) is 5.63. The topological polar surface area (TPSA) is 101 Å². The normalized spacial score (nSPS) is 22.2. The Bertz CT molecular complexity index is 489. The van der Waals surface area contributed by atoms with Crippen molar-refractivity contribution >= 4 is 28.5 Å². The van der Waals surface area contributed by atoms with Gasteiger partial charge in [0.15, 0.2) is 10.7 Å². The van der Waals surface area contributed by atoms with Crippen LogP contribution in [0, 0.1) is 13.8 Å². The fourth-order valence-corrected chi connectivity index (χ4v) is 2.57. The first-order valence-electron chi connectivity index (χ1n) is 5.77. The van der Waals surface area contributed by atoms with Gasteiger partial charge in [0.05, 0.1) is 12.3 Å². The highest BCUT2D eigenvalue weighted by Crippen LogP contribution is 2.22. The third-order valence-electron chi connectivity index (χ3n) is 3.03. The Morgan fingerprint density at radius 1 is 1.47 bits per heavy atom. The number of ether oxygens (including phenoxy) is 1. The van der Waals surface area contributed by atoms with Crippen molar-refractivity contribution in [2.45, 2.75) is 25.8 Å². The van der Waals surface area contributed by atoms with Gasteiger partial charge in [-0.1, -0.05) is 0 Å². The zero-order valence-electron chi connectivity index (χ0n) is 10.6. The lowest BCUT2D eigenvalue weighted by Crippen LogP contribution is -2.56. The van der Waals surface area contributed by atoms with E-state index in [0.29, 0.717) is 11.7 Å². The SMILES string of the molecule is Cc1nc(NC(=O)NC2(C(=O)O)CCOC2)sc1C. The molecule has 0 aromatic carbocycles. The van der Waals surface area contributed by atoms with Crippen molar-refractivity contribution in [3.05, 3.63) is 10.6 Å². The third kappa shape index (κ3) is 2.85. The Hall–Kier alpha value is -1.67. The van der Waals surface area contributed by atoms with Crippen LogP contribution >= 0.6 is 11.3 Å². The summed E-state index contributed by atoms with van der Waals surface area (Å²) < 4.78 is 5.06. The maximum absolute atomic E-state index is 11.8. The molecular weight excluding hydrogens is 270 g/mol. The zero-order chi connectivity index (χ0) is 14.0. The number of rotatable bonds is 3. The van der Waals surface area contributed by atoms with Gasteiger partial charge in [0.2, 0.25) is 0 Å². The number of carbonyl (C=O) groups is 2. The molecule has 1 fully saturated rings. The van der Waals surface area contributed by atoms with Crippen molar-refractivity contribution in [2.24, 2.45) is 0 Å². The van der Waals surface area contributed by atoms with E-state index in [1.54, 1.807) is 0 Å². The molecule has 0 bridgehead atoms. The van der Waals surface area contributed by atoms with Crippen LogP contribution in [-0.2, 0) is 9.53 Å². The number of amides is 2. The molecule has 2 heterocycles. The number of carbonyl (C=O) groups excluding carboxylic acids is 1. The number of hydrogen-bond acceptors (Lipinski definition) is 5. The maximum atomic E-state index is 11.8. The van der Waals surface area contributed by atoms with E-state index in [1.807, 2.05) is 13.8 Å². The van der Waals surface area contributed by atoms with Crippen LogP contribution in [0.1, 0.15) is 17.0 Å². The van der Waals surface area contributed by atoms with Crippen LogP contribution in [0.2, 0.25) is 0 Å². The molecule has 7 nitrogen and oxygen atoms in total. The number of anilines is 1. The number of carboxylic acid groups (broad SMARTS) is 1. The predicted molar refractivity (Wildman–Crippen MR) is 69.5 cm³/mol. The first kappa shape index (κ1) is 13.8. The van der Waals surface area contributed by atoms with E-state index in [1.165, 1.54) is 11.3 Å². The van der Waals surface area contributed by atoms with Gasteiger partial charge >= 0.3 is 12.0 Å². The molecule has 1 aromatic rings. The second-order valence-electron chi connectivity index (χ2n) is 4.43. The smallest absolute Gasteiger partial charge is 0.332 e. The minimum absolute atomic E-state index is 0.0221. The molecule has 2 rings (SSSR count). The molecule has 1 atom stereocenters. The summed E-state index contributed by atoms with van der Waals surface area (Å²) in [5, 5.41) is 14.7. The minimum Gasteiger partial charge on any atom is -0.479 e. The summed E-state index contributed by atoms with van der Waals surface area (Å²) in [7, 11) is 0. The summed E-state index contributed by atoms with van der Waals surface area (Å²) >= 11 is 1.35. The lowest BCUT2D eigenvalue weighted by molar-refractivity contribution is -0.144. The highest BCUT2D eigenvalue weighted by Gasteiger charge is 2.44. The zero-order valence-corrected chi connectivity index (χ0v) is 11.5. The van der Waals surface area contributed by atoms with Gasteiger partial charge in [-0.3, -0.25) is 5.32 Å². The summed E-state index contributed by atoms with van der Waals surface area (Å²) in [5.41, 5.74) is -0.497. The monoisotopic (exact) mass is 285 g/mol. The van der Waals surface area contributed by atoms with Crippen molar-refractivity contribution in [2.75, 3.05) is 18.5 Å². The van der Waals surface area contributed by atoms with Gasteiger partial charge < -0.3 is 15.2 Å². The predicted octanol–water partition coefficient (Wildman–Crippen LogP) is 1.13. The second kappa shape index (κ2) is 5.14. The Balaban J connectivity index is 2.02. The number of carboxylic acids is 1.